The first-order valence-electron chi connectivity index (χ1n) is 7.78. The third-order valence-corrected chi connectivity index (χ3v) is 3.89. The van der Waals surface area contributed by atoms with Crippen molar-refractivity contribution in [1.82, 2.24) is 5.32 Å². The van der Waals surface area contributed by atoms with E-state index in [-0.39, 0.29) is 11.8 Å². The second-order valence-electron chi connectivity index (χ2n) is 5.81. The van der Waals surface area contributed by atoms with Gasteiger partial charge in [-0.3, -0.25) is 0 Å². The van der Waals surface area contributed by atoms with Gasteiger partial charge in [-0.15, -0.1) is 13.2 Å². The highest BCUT2D eigenvalue weighted by atomic mass is 19.4. The summed E-state index contributed by atoms with van der Waals surface area (Å²) in [5, 5.41) is 3.44. The van der Waals surface area contributed by atoms with E-state index in [0.29, 0.717) is 11.5 Å². The first kappa shape index (κ1) is 16.6. The predicted octanol–water partition coefficient (Wildman–Crippen LogP) is 5.11. The molecule has 1 N–H and O–H groups in total. The van der Waals surface area contributed by atoms with Crippen LogP contribution in [0.25, 0.3) is 0 Å². The Bertz CT molecular complexity index is 692. The predicted molar refractivity (Wildman–Crippen MR) is 84.4 cm³/mol. The standard InChI is InChI=1S/C18H18F3NO2/c1-12-4-9-17(15(11-12)16-3-2-10-22-16)23-13-5-7-14(8-6-13)24-18(19,20)21/h4-9,11,16,22H,2-3,10H2,1H3. The molecule has 1 aliphatic heterocycles. The second-order valence-corrected chi connectivity index (χ2v) is 5.81. The van der Waals surface area contributed by atoms with Crippen molar-refractivity contribution in [2.45, 2.75) is 32.2 Å². The lowest BCUT2D eigenvalue weighted by Crippen LogP contribution is -2.16. The van der Waals surface area contributed by atoms with Crippen LogP contribution in [0.2, 0.25) is 0 Å². The summed E-state index contributed by atoms with van der Waals surface area (Å²) < 4.78 is 46.3. The van der Waals surface area contributed by atoms with Crippen LogP contribution in [0.15, 0.2) is 42.5 Å². The van der Waals surface area contributed by atoms with E-state index in [2.05, 4.69) is 16.1 Å². The lowest BCUT2D eigenvalue weighted by Gasteiger charge is -2.17. The van der Waals surface area contributed by atoms with Gasteiger partial charge in [0.1, 0.15) is 17.2 Å². The molecule has 3 rings (SSSR count). The number of nitrogens with one attached hydrogen (secondary N) is 1. The summed E-state index contributed by atoms with van der Waals surface area (Å²) in [6.45, 7) is 2.99. The fourth-order valence-corrected chi connectivity index (χ4v) is 2.82. The van der Waals surface area contributed by atoms with E-state index in [1.54, 1.807) is 0 Å². The van der Waals surface area contributed by atoms with Crippen LogP contribution >= 0.6 is 0 Å². The molecule has 1 heterocycles. The number of halogens is 3. The number of hydrogen-bond donors (Lipinski definition) is 1. The fourth-order valence-electron chi connectivity index (χ4n) is 2.82. The number of ether oxygens (including phenoxy) is 2. The number of hydrogen-bond acceptors (Lipinski definition) is 3. The van der Waals surface area contributed by atoms with Gasteiger partial charge in [-0.1, -0.05) is 17.7 Å². The van der Waals surface area contributed by atoms with Crippen molar-refractivity contribution >= 4 is 0 Å². The molecule has 0 radical (unpaired) electrons. The maximum atomic E-state index is 12.2. The zero-order valence-electron chi connectivity index (χ0n) is 13.2. The van der Waals surface area contributed by atoms with Crippen LogP contribution < -0.4 is 14.8 Å². The first-order chi connectivity index (χ1) is 11.4. The zero-order chi connectivity index (χ0) is 17.2. The largest absolute Gasteiger partial charge is 0.573 e. The monoisotopic (exact) mass is 337 g/mol. The smallest absolute Gasteiger partial charge is 0.457 e. The lowest BCUT2D eigenvalue weighted by molar-refractivity contribution is -0.274. The van der Waals surface area contributed by atoms with Crippen molar-refractivity contribution in [3.05, 3.63) is 53.6 Å². The van der Waals surface area contributed by atoms with E-state index in [1.807, 2.05) is 19.1 Å². The van der Waals surface area contributed by atoms with Crippen molar-refractivity contribution < 1.29 is 22.6 Å². The first-order valence-corrected chi connectivity index (χ1v) is 7.78. The number of rotatable bonds is 4. The van der Waals surface area contributed by atoms with Gasteiger partial charge in [0.25, 0.3) is 0 Å². The fraction of sp³-hybridized carbons (Fsp3) is 0.333. The molecule has 1 unspecified atom stereocenters. The molecule has 0 aromatic heterocycles. The Labute approximate surface area is 138 Å². The molecule has 1 atom stereocenters. The van der Waals surface area contributed by atoms with Crippen molar-refractivity contribution in [2.24, 2.45) is 0 Å². The molecule has 2 aromatic carbocycles. The molecule has 0 bridgehead atoms. The van der Waals surface area contributed by atoms with Crippen molar-refractivity contribution in [2.75, 3.05) is 6.54 Å². The molecule has 1 saturated heterocycles. The highest BCUT2D eigenvalue weighted by Gasteiger charge is 2.31. The zero-order valence-corrected chi connectivity index (χ0v) is 13.2. The summed E-state index contributed by atoms with van der Waals surface area (Å²) in [7, 11) is 0. The Morgan fingerprint density at radius 3 is 2.38 bits per heavy atom. The molecular weight excluding hydrogens is 319 g/mol. The number of alkyl halides is 3. The van der Waals surface area contributed by atoms with Crippen LogP contribution in [-0.2, 0) is 0 Å². The highest BCUT2D eigenvalue weighted by molar-refractivity contribution is 5.43. The van der Waals surface area contributed by atoms with E-state index in [1.165, 1.54) is 24.3 Å². The van der Waals surface area contributed by atoms with Gasteiger partial charge in [-0.05, 0) is 56.6 Å². The van der Waals surface area contributed by atoms with Gasteiger partial charge in [0, 0.05) is 11.6 Å². The maximum absolute atomic E-state index is 12.2. The molecule has 0 aliphatic carbocycles. The molecule has 1 fully saturated rings. The maximum Gasteiger partial charge on any atom is 0.573 e. The van der Waals surface area contributed by atoms with Crippen molar-refractivity contribution in [3.8, 4) is 17.2 Å². The van der Waals surface area contributed by atoms with Crippen LogP contribution in [-0.4, -0.2) is 12.9 Å². The SMILES string of the molecule is Cc1ccc(Oc2ccc(OC(F)(F)F)cc2)c(C2CCCN2)c1. The molecule has 6 heteroatoms. The molecular formula is C18H18F3NO2. The third kappa shape index (κ3) is 4.20. The number of benzene rings is 2. The highest BCUT2D eigenvalue weighted by Crippen LogP contribution is 2.35. The molecule has 128 valence electrons. The van der Waals surface area contributed by atoms with Gasteiger partial charge in [-0.2, -0.15) is 0 Å². The minimum absolute atomic E-state index is 0.243. The Balaban J connectivity index is 1.78. The van der Waals surface area contributed by atoms with Crippen LogP contribution in [0.3, 0.4) is 0 Å². The van der Waals surface area contributed by atoms with Crippen LogP contribution in [0.1, 0.15) is 30.0 Å². The third-order valence-electron chi connectivity index (χ3n) is 3.89. The molecule has 0 amide bonds. The van der Waals surface area contributed by atoms with Gasteiger partial charge in [0.2, 0.25) is 0 Å². The van der Waals surface area contributed by atoms with E-state index in [4.69, 9.17) is 4.74 Å². The second kappa shape index (κ2) is 6.73. The average molecular weight is 337 g/mol. The Hall–Kier alpha value is -2.21. The summed E-state index contributed by atoms with van der Waals surface area (Å²) in [6.07, 6.45) is -2.54. The molecule has 24 heavy (non-hydrogen) atoms. The minimum atomic E-state index is -4.69. The van der Waals surface area contributed by atoms with E-state index in [0.717, 1.165) is 30.5 Å². The topological polar surface area (TPSA) is 30.5 Å². The van der Waals surface area contributed by atoms with Gasteiger partial charge in [0.05, 0.1) is 0 Å². The summed E-state index contributed by atoms with van der Waals surface area (Å²) in [4.78, 5) is 0. The average Bonchev–Trinajstić information content (AvgIpc) is 3.04. The Kier molecular flexibility index (Phi) is 4.66. The molecule has 0 spiro atoms. The molecule has 1 aliphatic rings. The summed E-state index contributed by atoms with van der Waals surface area (Å²) in [6, 6.07) is 11.6. The van der Waals surface area contributed by atoms with Crippen LogP contribution in [0, 0.1) is 6.92 Å². The lowest BCUT2D eigenvalue weighted by atomic mass is 10.0. The summed E-state index contributed by atoms with van der Waals surface area (Å²) >= 11 is 0. The van der Waals surface area contributed by atoms with Crippen LogP contribution in [0.5, 0.6) is 17.2 Å². The molecule has 2 aromatic rings. The minimum Gasteiger partial charge on any atom is -0.457 e. The van der Waals surface area contributed by atoms with Crippen LogP contribution in [0.4, 0.5) is 13.2 Å². The summed E-state index contributed by atoms with van der Waals surface area (Å²) in [5.41, 5.74) is 2.21. The Morgan fingerprint density at radius 2 is 1.75 bits per heavy atom. The van der Waals surface area contributed by atoms with E-state index < -0.39 is 6.36 Å². The van der Waals surface area contributed by atoms with Gasteiger partial charge >= 0.3 is 6.36 Å². The van der Waals surface area contributed by atoms with Gasteiger partial charge in [-0.25, -0.2) is 0 Å². The normalized spacial score (nSPS) is 17.8. The van der Waals surface area contributed by atoms with E-state index in [9.17, 15) is 13.2 Å². The Morgan fingerprint density at radius 1 is 1.04 bits per heavy atom. The van der Waals surface area contributed by atoms with Gasteiger partial charge in [0.15, 0.2) is 0 Å². The van der Waals surface area contributed by atoms with Gasteiger partial charge < -0.3 is 14.8 Å². The molecule has 0 saturated carbocycles. The quantitative estimate of drug-likeness (QED) is 0.841. The summed E-state index contributed by atoms with van der Waals surface area (Å²) in [5.74, 6) is 0.911. The van der Waals surface area contributed by atoms with Crippen molar-refractivity contribution in [3.63, 3.8) is 0 Å². The number of aryl methyl sites for hydroxylation is 1. The van der Waals surface area contributed by atoms with E-state index >= 15 is 0 Å². The molecule has 3 nitrogen and oxygen atoms in total. The van der Waals surface area contributed by atoms with Crippen molar-refractivity contribution in [1.29, 1.82) is 0 Å².